The van der Waals surface area contributed by atoms with Gasteiger partial charge in [-0.05, 0) is 37.1 Å². The van der Waals surface area contributed by atoms with E-state index in [9.17, 15) is 18.3 Å². The van der Waals surface area contributed by atoms with Crippen LogP contribution in [0, 0.1) is 0 Å². The molecule has 1 aromatic carbocycles. The van der Waals surface area contributed by atoms with Crippen molar-refractivity contribution in [1.82, 2.24) is 10.0 Å². The van der Waals surface area contributed by atoms with Gasteiger partial charge in [0.25, 0.3) is 0 Å². The van der Waals surface area contributed by atoms with E-state index < -0.39 is 16.1 Å². The maximum Gasteiger partial charge on any atom is 0.240 e. The van der Waals surface area contributed by atoms with Gasteiger partial charge in [0.2, 0.25) is 15.9 Å². The second kappa shape index (κ2) is 9.24. The summed E-state index contributed by atoms with van der Waals surface area (Å²) in [5.74, 6) is -0.248. The van der Waals surface area contributed by atoms with Crippen molar-refractivity contribution in [3.63, 3.8) is 0 Å². The summed E-state index contributed by atoms with van der Waals surface area (Å²) in [5.41, 5.74) is 0. The quantitative estimate of drug-likeness (QED) is 0.591. The van der Waals surface area contributed by atoms with Gasteiger partial charge in [-0.15, -0.1) is 0 Å². The summed E-state index contributed by atoms with van der Waals surface area (Å²) < 4.78 is 27.1. The van der Waals surface area contributed by atoms with Crippen LogP contribution in [0.4, 0.5) is 0 Å². The first-order valence-corrected chi connectivity index (χ1v) is 9.32. The van der Waals surface area contributed by atoms with Gasteiger partial charge in [0.1, 0.15) is 0 Å². The normalized spacial score (nSPS) is 12.9. The number of benzene rings is 1. The first-order valence-electron chi connectivity index (χ1n) is 7.05. The highest BCUT2D eigenvalue weighted by Crippen LogP contribution is 2.14. The van der Waals surface area contributed by atoms with Crippen LogP contribution in [0.15, 0.2) is 33.6 Å². The summed E-state index contributed by atoms with van der Waals surface area (Å²) in [4.78, 5) is 11.7. The molecule has 0 aromatic heterocycles. The molecule has 22 heavy (non-hydrogen) atoms. The Hall–Kier alpha value is -0.960. The predicted octanol–water partition coefficient (Wildman–Crippen LogP) is 1.39. The molecule has 0 saturated heterocycles. The van der Waals surface area contributed by atoms with Gasteiger partial charge in [0, 0.05) is 24.0 Å². The molecule has 0 saturated carbocycles. The molecule has 0 bridgehead atoms. The molecule has 3 N–H and O–H groups in total. The lowest BCUT2D eigenvalue weighted by Gasteiger charge is -2.09. The first kappa shape index (κ1) is 19.1. The summed E-state index contributed by atoms with van der Waals surface area (Å²) in [6.45, 7) is 2.28. The lowest BCUT2D eigenvalue weighted by Crippen LogP contribution is -2.32. The second-order valence-electron chi connectivity index (χ2n) is 4.80. The van der Waals surface area contributed by atoms with Crippen LogP contribution in [0.2, 0.25) is 0 Å². The van der Waals surface area contributed by atoms with Crippen molar-refractivity contribution in [2.24, 2.45) is 0 Å². The Morgan fingerprint density at radius 1 is 1.27 bits per heavy atom. The van der Waals surface area contributed by atoms with E-state index in [1.807, 2.05) is 6.92 Å². The van der Waals surface area contributed by atoms with Crippen LogP contribution in [0.25, 0.3) is 0 Å². The van der Waals surface area contributed by atoms with Crippen molar-refractivity contribution < 1.29 is 18.3 Å². The lowest BCUT2D eigenvalue weighted by molar-refractivity contribution is -0.121. The number of nitrogens with one attached hydrogen (secondary N) is 2. The molecular weight excluding hydrogens is 372 g/mol. The molecule has 0 aliphatic carbocycles. The molecule has 0 heterocycles. The van der Waals surface area contributed by atoms with Crippen molar-refractivity contribution >= 4 is 31.9 Å². The minimum absolute atomic E-state index is 0.0283. The van der Waals surface area contributed by atoms with E-state index in [1.165, 1.54) is 12.1 Å². The van der Waals surface area contributed by atoms with Gasteiger partial charge in [0.15, 0.2) is 0 Å². The van der Waals surface area contributed by atoms with Gasteiger partial charge < -0.3 is 10.4 Å². The molecule has 8 heteroatoms. The molecule has 0 fully saturated rings. The molecule has 1 amide bonds. The molecule has 1 atom stereocenters. The largest absolute Gasteiger partial charge is 0.393 e. The van der Waals surface area contributed by atoms with Crippen LogP contribution >= 0.6 is 15.9 Å². The van der Waals surface area contributed by atoms with Crippen molar-refractivity contribution in [3.05, 3.63) is 28.7 Å². The highest BCUT2D eigenvalue weighted by Gasteiger charge is 2.13. The number of rotatable bonds is 9. The van der Waals surface area contributed by atoms with E-state index in [0.29, 0.717) is 19.4 Å². The van der Waals surface area contributed by atoms with Gasteiger partial charge in [-0.2, -0.15) is 0 Å². The molecule has 0 radical (unpaired) electrons. The third-order valence-electron chi connectivity index (χ3n) is 3.04. The average Bonchev–Trinajstić information content (AvgIpc) is 2.47. The van der Waals surface area contributed by atoms with Crippen molar-refractivity contribution in [2.45, 2.75) is 37.2 Å². The van der Waals surface area contributed by atoms with E-state index in [4.69, 9.17) is 0 Å². The summed E-state index contributed by atoms with van der Waals surface area (Å²) in [7, 11) is -3.60. The number of carbonyl (C=O) groups excluding carboxylic acids is 1. The highest BCUT2D eigenvalue weighted by atomic mass is 79.9. The average molecular weight is 393 g/mol. The van der Waals surface area contributed by atoms with Gasteiger partial charge in [-0.1, -0.05) is 22.9 Å². The van der Waals surface area contributed by atoms with Gasteiger partial charge in [-0.3, -0.25) is 4.79 Å². The Morgan fingerprint density at radius 3 is 2.50 bits per heavy atom. The number of hydrogen-bond acceptors (Lipinski definition) is 4. The van der Waals surface area contributed by atoms with Crippen LogP contribution < -0.4 is 10.0 Å². The Labute approximate surface area is 139 Å². The minimum atomic E-state index is -3.60. The zero-order chi connectivity index (χ0) is 16.6. The highest BCUT2D eigenvalue weighted by molar-refractivity contribution is 9.10. The first-order chi connectivity index (χ1) is 10.3. The molecule has 1 aromatic rings. The summed E-state index contributed by atoms with van der Waals surface area (Å²) >= 11 is 3.24. The Morgan fingerprint density at radius 2 is 1.91 bits per heavy atom. The molecule has 0 aliphatic rings. The standard InChI is InChI=1S/C14H21BrN2O4S/c1-2-12(18)7-9-16-14(19)8-10-17-22(20,21)13-5-3-11(15)4-6-13/h3-6,12,17-18H,2,7-10H2,1H3,(H,16,19)/t12-/m1/s1. The van der Waals surface area contributed by atoms with E-state index in [1.54, 1.807) is 12.1 Å². The molecule has 0 aliphatic heterocycles. The predicted molar refractivity (Wildman–Crippen MR) is 87.9 cm³/mol. The fourth-order valence-corrected chi connectivity index (χ4v) is 2.96. The van der Waals surface area contributed by atoms with E-state index in [-0.39, 0.29) is 23.8 Å². The Bertz CT molecular complexity index is 575. The zero-order valence-electron chi connectivity index (χ0n) is 12.4. The Kier molecular flexibility index (Phi) is 8.02. The third kappa shape index (κ3) is 6.87. The molecule has 0 unspecified atom stereocenters. The number of hydrogen-bond donors (Lipinski definition) is 3. The topological polar surface area (TPSA) is 95.5 Å². The minimum Gasteiger partial charge on any atom is -0.393 e. The van der Waals surface area contributed by atoms with E-state index in [0.717, 1.165) is 4.47 Å². The molecule has 124 valence electrons. The van der Waals surface area contributed by atoms with Crippen LogP contribution in [0.3, 0.4) is 0 Å². The molecule has 6 nitrogen and oxygen atoms in total. The number of aliphatic hydroxyl groups is 1. The number of halogens is 1. The lowest BCUT2D eigenvalue weighted by atomic mass is 10.2. The molecule has 1 rings (SSSR count). The summed E-state index contributed by atoms with van der Waals surface area (Å²) in [6, 6.07) is 6.25. The number of amides is 1. The second-order valence-corrected chi connectivity index (χ2v) is 7.49. The fourth-order valence-electron chi connectivity index (χ4n) is 1.67. The summed E-state index contributed by atoms with van der Waals surface area (Å²) in [6.07, 6.45) is 0.768. The fraction of sp³-hybridized carbons (Fsp3) is 0.500. The van der Waals surface area contributed by atoms with Gasteiger partial charge in [0.05, 0.1) is 11.0 Å². The van der Waals surface area contributed by atoms with Crippen LogP contribution in [0.5, 0.6) is 0 Å². The van der Waals surface area contributed by atoms with Crippen LogP contribution in [-0.4, -0.2) is 38.6 Å². The molecular formula is C14H21BrN2O4S. The maximum absolute atomic E-state index is 12.0. The Balaban J connectivity index is 2.33. The van der Waals surface area contributed by atoms with Gasteiger partial charge >= 0.3 is 0 Å². The monoisotopic (exact) mass is 392 g/mol. The van der Waals surface area contributed by atoms with E-state index in [2.05, 4.69) is 26.0 Å². The number of aliphatic hydroxyl groups excluding tert-OH is 1. The van der Waals surface area contributed by atoms with Gasteiger partial charge in [-0.25, -0.2) is 13.1 Å². The van der Waals surface area contributed by atoms with Crippen LogP contribution in [-0.2, 0) is 14.8 Å². The number of sulfonamides is 1. The molecule has 0 spiro atoms. The zero-order valence-corrected chi connectivity index (χ0v) is 14.8. The van der Waals surface area contributed by atoms with E-state index >= 15 is 0 Å². The summed E-state index contributed by atoms with van der Waals surface area (Å²) in [5, 5.41) is 12.0. The maximum atomic E-state index is 12.0. The smallest absolute Gasteiger partial charge is 0.240 e. The van der Waals surface area contributed by atoms with Crippen molar-refractivity contribution in [3.8, 4) is 0 Å². The van der Waals surface area contributed by atoms with Crippen molar-refractivity contribution in [2.75, 3.05) is 13.1 Å². The van der Waals surface area contributed by atoms with Crippen molar-refractivity contribution in [1.29, 1.82) is 0 Å². The SMILES string of the molecule is CC[C@@H](O)CCNC(=O)CCNS(=O)(=O)c1ccc(Br)cc1. The number of carbonyl (C=O) groups is 1. The van der Waals surface area contributed by atoms with Crippen LogP contribution in [0.1, 0.15) is 26.2 Å². The third-order valence-corrected chi connectivity index (χ3v) is 5.04.